The van der Waals surface area contributed by atoms with E-state index in [1.807, 2.05) is 0 Å². The van der Waals surface area contributed by atoms with E-state index in [1.54, 1.807) is 48.5 Å². The fourth-order valence-electron chi connectivity index (χ4n) is 2.17. The second-order valence-corrected chi connectivity index (χ2v) is 6.82. The van der Waals surface area contributed by atoms with Crippen molar-refractivity contribution < 1.29 is 14.4 Å². The maximum atomic E-state index is 12.7. The van der Waals surface area contributed by atoms with Crippen LogP contribution >= 0.6 is 23.2 Å². The van der Waals surface area contributed by atoms with Gasteiger partial charge in [-0.1, -0.05) is 35.3 Å². The highest BCUT2D eigenvalue weighted by atomic mass is 35.5. The highest BCUT2D eigenvalue weighted by molar-refractivity contribution is 7.97. The minimum absolute atomic E-state index is 0.0382. The predicted octanol–water partition coefficient (Wildman–Crippen LogP) is 2.41. The van der Waals surface area contributed by atoms with Gasteiger partial charge in [0.1, 0.15) is 0 Å². The van der Waals surface area contributed by atoms with Crippen LogP contribution in [0.4, 0.5) is 5.69 Å². The summed E-state index contributed by atoms with van der Waals surface area (Å²) >= 11 is 11.7. The third-order valence-electron chi connectivity index (χ3n) is 3.22. The Balaban J connectivity index is 2.12. The maximum Gasteiger partial charge on any atom is 0.0799 e. The molecule has 3 rings (SSSR count). The molecule has 2 aromatic rings. The predicted molar refractivity (Wildman–Crippen MR) is 88.5 cm³/mol. The molecule has 0 radical (unpaired) electrons. The van der Waals surface area contributed by atoms with E-state index >= 15 is 0 Å². The summed E-state index contributed by atoms with van der Waals surface area (Å²) in [5.41, 5.74) is 0.823. The Bertz CT molecular complexity index is 829. The zero-order valence-electron chi connectivity index (χ0n) is 11.5. The lowest BCUT2D eigenvalue weighted by Gasteiger charge is -2.40. The molecule has 0 aromatic heterocycles. The number of hydrogen-bond donors (Lipinski definition) is 0. The summed E-state index contributed by atoms with van der Waals surface area (Å²) in [7, 11) is -1.81. The van der Waals surface area contributed by atoms with Gasteiger partial charge in [0, 0.05) is 21.1 Å². The molecule has 0 amide bonds. The van der Waals surface area contributed by atoms with Crippen molar-refractivity contribution >= 4 is 44.6 Å². The van der Waals surface area contributed by atoms with Crippen LogP contribution in [0.2, 0.25) is 10.0 Å². The molecular formula is C16H9Cl2NO3S-2. The summed E-state index contributed by atoms with van der Waals surface area (Å²) in [5.74, 6) is -1.26. The SMILES string of the molecule is O=S1C=C([O-])N(c2ccc(Cl)cc2)C([O-])=C1c1ccc(Cl)cc1. The van der Waals surface area contributed by atoms with Gasteiger partial charge in [-0.25, -0.2) is 4.21 Å². The molecule has 0 saturated carbocycles. The lowest BCUT2D eigenvalue weighted by molar-refractivity contribution is -0.330. The van der Waals surface area contributed by atoms with Crippen molar-refractivity contribution in [2.45, 2.75) is 0 Å². The fourth-order valence-corrected chi connectivity index (χ4v) is 3.46. The van der Waals surface area contributed by atoms with Crippen LogP contribution in [0, 0.1) is 0 Å². The molecule has 1 unspecified atom stereocenters. The Kier molecular flexibility index (Phi) is 4.35. The average Bonchev–Trinajstić information content (AvgIpc) is 2.50. The number of benzene rings is 2. The van der Waals surface area contributed by atoms with E-state index in [0.29, 0.717) is 21.3 Å². The summed E-state index contributed by atoms with van der Waals surface area (Å²) in [6.07, 6.45) is 0. The summed E-state index contributed by atoms with van der Waals surface area (Å²) in [5, 5.41) is 26.8. The number of halogens is 2. The molecule has 7 heteroatoms. The molecule has 0 aliphatic carbocycles. The van der Waals surface area contributed by atoms with Gasteiger partial charge in [0.2, 0.25) is 0 Å². The summed E-state index contributed by atoms with van der Waals surface area (Å²) in [4.78, 5) is 1.01. The van der Waals surface area contributed by atoms with Crippen LogP contribution in [0.5, 0.6) is 0 Å². The van der Waals surface area contributed by atoms with Gasteiger partial charge < -0.3 is 15.1 Å². The minimum atomic E-state index is -1.81. The third-order valence-corrected chi connectivity index (χ3v) is 4.95. The molecule has 0 N–H and O–H groups in total. The highest BCUT2D eigenvalue weighted by Crippen LogP contribution is 2.33. The van der Waals surface area contributed by atoms with Crippen molar-refractivity contribution in [1.82, 2.24) is 0 Å². The lowest BCUT2D eigenvalue weighted by atomic mass is 10.2. The fraction of sp³-hybridized carbons (Fsp3) is 0. The van der Waals surface area contributed by atoms with E-state index in [4.69, 9.17) is 23.2 Å². The number of hydrogen-bond acceptors (Lipinski definition) is 4. The third kappa shape index (κ3) is 3.08. The summed E-state index contributed by atoms with van der Waals surface area (Å²) in [6, 6.07) is 12.6. The van der Waals surface area contributed by atoms with Crippen molar-refractivity contribution in [1.29, 1.82) is 0 Å². The Morgan fingerprint density at radius 3 is 1.96 bits per heavy atom. The quantitative estimate of drug-likeness (QED) is 0.819. The van der Waals surface area contributed by atoms with Crippen LogP contribution in [0.15, 0.2) is 65.7 Å². The van der Waals surface area contributed by atoms with Crippen molar-refractivity contribution in [2.24, 2.45) is 0 Å². The van der Waals surface area contributed by atoms with Gasteiger partial charge in [-0.3, -0.25) is 0 Å². The van der Waals surface area contributed by atoms with Crippen LogP contribution < -0.4 is 15.1 Å². The minimum Gasteiger partial charge on any atom is -0.859 e. The molecule has 118 valence electrons. The summed E-state index contributed by atoms with van der Waals surface area (Å²) in [6.45, 7) is 0. The molecule has 2 aromatic carbocycles. The van der Waals surface area contributed by atoms with Gasteiger partial charge in [-0.2, -0.15) is 0 Å². The second-order valence-electron chi connectivity index (χ2n) is 4.71. The van der Waals surface area contributed by atoms with Crippen LogP contribution in [0.1, 0.15) is 5.56 Å². The maximum absolute atomic E-state index is 12.7. The molecule has 23 heavy (non-hydrogen) atoms. The second kappa shape index (κ2) is 6.28. The van der Waals surface area contributed by atoms with Gasteiger partial charge in [-0.05, 0) is 53.7 Å². The van der Waals surface area contributed by atoms with Gasteiger partial charge >= 0.3 is 0 Å². The first-order valence-corrected chi connectivity index (χ1v) is 8.46. The standard InChI is InChI=1S/C16H11Cl2NO3S/c17-11-3-1-10(2-4-11)15-16(21)19(14(20)9-23(15)22)13-7-5-12(18)6-8-13/h1-9,20-21H/p-2. The highest BCUT2D eigenvalue weighted by Gasteiger charge is 2.20. The number of rotatable bonds is 2. The zero-order valence-corrected chi connectivity index (χ0v) is 13.9. The number of anilines is 1. The molecule has 1 aliphatic heterocycles. The molecule has 0 saturated heterocycles. The molecule has 0 spiro atoms. The van der Waals surface area contributed by atoms with Crippen LogP contribution in [-0.4, -0.2) is 4.21 Å². The number of nitrogens with zero attached hydrogens (tertiary/aromatic N) is 1. The molecule has 4 nitrogen and oxygen atoms in total. The normalized spacial score (nSPS) is 18.1. The molecule has 0 bridgehead atoms. The Labute approximate surface area is 145 Å². The lowest BCUT2D eigenvalue weighted by Crippen LogP contribution is -2.38. The van der Waals surface area contributed by atoms with E-state index in [-0.39, 0.29) is 4.91 Å². The first kappa shape index (κ1) is 15.9. The van der Waals surface area contributed by atoms with E-state index in [9.17, 15) is 14.4 Å². The van der Waals surface area contributed by atoms with Gasteiger partial charge in [0.15, 0.2) is 0 Å². The van der Waals surface area contributed by atoms with E-state index in [0.717, 1.165) is 10.3 Å². The van der Waals surface area contributed by atoms with Gasteiger partial charge in [-0.15, -0.1) is 0 Å². The molecule has 0 fully saturated rings. The molecule has 1 heterocycles. The van der Waals surface area contributed by atoms with E-state index in [1.165, 1.54) is 0 Å². The first-order chi connectivity index (χ1) is 11.0. The molecule has 1 aliphatic rings. The Morgan fingerprint density at radius 2 is 1.39 bits per heavy atom. The smallest absolute Gasteiger partial charge is 0.0799 e. The first-order valence-electron chi connectivity index (χ1n) is 6.49. The van der Waals surface area contributed by atoms with Crippen molar-refractivity contribution in [3.63, 3.8) is 0 Å². The average molecular weight is 366 g/mol. The Hall–Kier alpha value is -1.95. The molecule has 1 atom stereocenters. The summed E-state index contributed by atoms with van der Waals surface area (Å²) < 4.78 is 12.2. The van der Waals surface area contributed by atoms with Crippen LogP contribution in [-0.2, 0) is 10.8 Å². The van der Waals surface area contributed by atoms with Gasteiger partial charge in [0.05, 0.1) is 15.7 Å². The van der Waals surface area contributed by atoms with E-state index < -0.39 is 22.6 Å². The topological polar surface area (TPSA) is 66.4 Å². The monoisotopic (exact) mass is 365 g/mol. The van der Waals surface area contributed by atoms with Crippen LogP contribution in [0.25, 0.3) is 4.91 Å². The van der Waals surface area contributed by atoms with Crippen molar-refractivity contribution in [3.8, 4) is 0 Å². The van der Waals surface area contributed by atoms with Crippen LogP contribution in [0.3, 0.4) is 0 Å². The molecular weight excluding hydrogens is 357 g/mol. The van der Waals surface area contributed by atoms with Crippen molar-refractivity contribution in [3.05, 3.63) is 81.3 Å². The van der Waals surface area contributed by atoms with Crippen molar-refractivity contribution in [2.75, 3.05) is 4.90 Å². The van der Waals surface area contributed by atoms with Gasteiger partial charge in [0.25, 0.3) is 0 Å². The Morgan fingerprint density at radius 1 is 0.870 bits per heavy atom. The largest absolute Gasteiger partial charge is 0.859 e. The zero-order chi connectivity index (χ0) is 16.6. The van der Waals surface area contributed by atoms with E-state index in [2.05, 4.69) is 0 Å².